The number of thiazole rings is 3. The highest BCUT2D eigenvalue weighted by Crippen LogP contribution is 2.45. The Morgan fingerprint density at radius 3 is 1.08 bits per heavy atom. The average molecular weight is 1560 g/mol. The Bertz CT molecular complexity index is 4040. The summed E-state index contributed by atoms with van der Waals surface area (Å²) < 4.78 is 40.6. The molecule has 0 amide bonds. The van der Waals surface area contributed by atoms with Crippen molar-refractivity contribution in [1.29, 1.82) is 0 Å². The number of piperidine rings is 1. The van der Waals surface area contributed by atoms with Gasteiger partial charge in [0.2, 0.25) is 0 Å². The van der Waals surface area contributed by atoms with Crippen molar-refractivity contribution in [2.45, 2.75) is 118 Å². The van der Waals surface area contributed by atoms with Gasteiger partial charge in [-0.2, -0.15) is 0 Å². The van der Waals surface area contributed by atoms with Crippen LogP contribution in [0.1, 0.15) is 114 Å². The van der Waals surface area contributed by atoms with Gasteiger partial charge in [-0.3, -0.25) is 14.7 Å². The van der Waals surface area contributed by atoms with Gasteiger partial charge in [0.15, 0.2) is 50.0 Å². The van der Waals surface area contributed by atoms with Gasteiger partial charge < -0.3 is 66.7 Å². The van der Waals surface area contributed by atoms with E-state index in [1.165, 1.54) is 57.4 Å². The second kappa shape index (κ2) is 40.0. The molecular weight excluding hydrogens is 1460 g/mol. The van der Waals surface area contributed by atoms with Crippen molar-refractivity contribution in [3.8, 4) is 66.2 Å². The molecule has 0 radical (unpaired) electrons. The standard InChI is InChI=1S/C25H35N7O2S2.C25H34N6O2S2.C25H33N5O3S2/c1-5-20-23(16(2)35-25-28-21(26)15-22(27)29-25)30-24(36-20)17-6-7-18(33-4)19(14-17)34-13-12-32-10-8-31(3)9-11-32;1-4-20-23(16(2)34-25-28-21(26)15-22(27)29-25)30-24(35-20)17-8-9-18(32-3)19(14-17)33-13-12-31-10-6-5-7-11-31;1-5-21-23(17(3)34-25-27-16(2)14-22(26)28-25)29-24(35-21)18-6-7-19(31-4)20(15-18)33-13-10-30-8-11-32-12-9-30/h6-7,14-16H,5,8-13H2,1-4H3,(H4,26,27,28,29);8-9,14-16H,4-7,10-13H2,1-3H3,(H4,26,27,28,29);6-7,14-15,17H,5,8-13H2,1-4H3,(H2,26,27,28). The summed E-state index contributed by atoms with van der Waals surface area (Å²) in [6.07, 6.45) is 6.58. The fourth-order valence-electron chi connectivity index (χ4n) is 12.2. The van der Waals surface area contributed by atoms with Gasteiger partial charge >= 0.3 is 0 Å². The summed E-state index contributed by atoms with van der Waals surface area (Å²) >= 11 is 9.72. The Morgan fingerprint density at radius 1 is 0.415 bits per heavy atom. The van der Waals surface area contributed by atoms with E-state index in [2.05, 4.69) is 98.1 Å². The first kappa shape index (κ1) is 81.0. The van der Waals surface area contributed by atoms with E-state index in [0.29, 0.717) is 64.4 Å². The number of nitrogen functional groups attached to an aromatic ring is 5. The molecule has 3 unspecified atom stereocenters. The third-order valence-electron chi connectivity index (χ3n) is 17.9. The highest BCUT2D eigenvalue weighted by Gasteiger charge is 2.26. The maximum absolute atomic E-state index is 6.18. The zero-order chi connectivity index (χ0) is 75.2. The van der Waals surface area contributed by atoms with Gasteiger partial charge in [-0.15, -0.1) is 34.0 Å². The van der Waals surface area contributed by atoms with Gasteiger partial charge in [0.05, 0.1) is 67.4 Å². The number of nitrogens with zero attached hydrogens (tertiary/aromatic N) is 13. The Labute approximate surface area is 648 Å². The minimum absolute atomic E-state index is 0.0451. The fraction of sp³-hybridized carbons (Fsp3) is 0.480. The lowest BCUT2D eigenvalue weighted by Gasteiger charge is -2.32. The van der Waals surface area contributed by atoms with Crippen molar-refractivity contribution in [3.05, 3.63) is 110 Å². The first-order valence-corrected chi connectivity index (χ1v) is 41.1. The van der Waals surface area contributed by atoms with Crippen LogP contribution in [0.5, 0.6) is 34.5 Å². The maximum atomic E-state index is 6.18. The second-order valence-electron chi connectivity index (χ2n) is 25.7. The molecule has 0 spiro atoms. The Morgan fingerprint density at radius 2 is 0.745 bits per heavy atom. The molecule has 3 atom stereocenters. The van der Waals surface area contributed by atoms with Gasteiger partial charge in [-0.1, -0.05) is 62.5 Å². The number of likely N-dealkylation sites (tertiary alicyclic amines) is 1. The van der Waals surface area contributed by atoms with Crippen LogP contribution >= 0.6 is 69.3 Å². The number of hydrogen-bond acceptors (Lipinski definition) is 31. The van der Waals surface area contributed by atoms with Gasteiger partial charge in [-0.25, -0.2) is 44.9 Å². The van der Waals surface area contributed by atoms with E-state index in [-0.39, 0.29) is 15.7 Å². The zero-order valence-electron chi connectivity index (χ0n) is 62.7. The molecule has 3 aliphatic rings. The first-order chi connectivity index (χ1) is 51.3. The highest BCUT2D eigenvalue weighted by atomic mass is 32.2. The summed E-state index contributed by atoms with van der Waals surface area (Å²) in [4.78, 5) is 54.5. The number of rotatable bonds is 30. The Hall–Kier alpha value is -7.56. The number of likely N-dealkylation sites (N-methyl/N-ethyl adjacent to an activating group) is 1. The van der Waals surface area contributed by atoms with E-state index in [1.807, 2.05) is 61.5 Å². The molecular formula is C75H102N18O7S6. The zero-order valence-corrected chi connectivity index (χ0v) is 67.6. The molecule has 31 heteroatoms. The molecule has 6 aromatic heterocycles. The number of aromatic nitrogens is 9. The number of aryl methyl sites for hydroxylation is 4. The predicted octanol–water partition coefficient (Wildman–Crippen LogP) is 13.5. The van der Waals surface area contributed by atoms with E-state index in [0.717, 1.165) is 193 Å². The van der Waals surface area contributed by atoms with E-state index < -0.39 is 0 Å². The van der Waals surface area contributed by atoms with Gasteiger partial charge in [0.25, 0.3) is 0 Å². The normalized spacial score (nSPS) is 15.3. The number of piperazine rings is 1. The Balaban J connectivity index is 0.000000170. The van der Waals surface area contributed by atoms with Crippen molar-refractivity contribution in [2.75, 3.05) is 162 Å². The summed E-state index contributed by atoms with van der Waals surface area (Å²) in [5.41, 5.74) is 36.3. The smallest absolute Gasteiger partial charge is 0.192 e. The molecule has 12 rings (SSSR count). The first-order valence-electron chi connectivity index (χ1n) is 36.1. The minimum Gasteiger partial charge on any atom is -0.493 e. The van der Waals surface area contributed by atoms with Gasteiger partial charge in [0, 0.05) is 114 Å². The maximum Gasteiger partial charge on any atom is 0.192 e. The van der Waals surface area contributed by atoms with Gasteiger partial charge in [-0.05, 0) is 135 Å². The third kappa shape index (κ3) is 23.0. The van der Waals surface area contributed by atoms with Crippen LogP contribution in [0.2, 0.25) is 0 Å². The van der Waals surface area contributed by atoms with Crippen molar-refractivity contribution >= 4 is 98.4 Å². The van der Waals surface area contributed by atoms with Crippen LogP contribution in [0, 0.1) is 6.92 Å². The number of nitrogens with two attached hydrogens (primary N) is 5. The number of methoxy groups -OCH3 is 3. The van der Waals surface area contributed by atoms with Crippen LogP contribution in [0.15, 0.2) is 88.3 Å². The Kier molecular flexibility index (Phi) is 30.6. The number of ether oxygens (including phenoxy) is 7. The molecule has 9 heterocycles. The van der Waals surface area contributed by atoms with Crippen molar-refractivity contribution in [3.63, 3.8) is 0 Å². The van der Waals surface area contributed by atoms with Crippen LogP contribution in [0.3, 0.4) is 0 Å². The molecule has 3 saturated heterocycles. The molecule has 3 aliphatic heterocycles. The molecule has 9 aromatic rings. The summed E-state index contributed by atoms with van der Waals surface area (Å²) in [6.45, 7) is 29.4. The summed E-state index contributed by atoms with van der Waals surface area (Å²) in [6, 6.07) is 23.0. The summed E-state index contributed by atoms with van der Waals surface area (Å²) in [7, 11) is 7.18. The third-order valence-corrected chi connectivity index (χ3v) is 24.6. The molecule has 3 aromatic carbocycles. The quantitative estimate of drug-likeness (QED) is 0.0206. The molecule has 10 N–H and O–H groups in total. The van der Waals surface area contributed by atoms with Crippen LogP contribution in [-0.2, 0) is 24.0 Å². The van der Waals surface area contributed by atoms with E-state index in [1.54, 1.807) is 85.3 Å². The van der Waals surface area contributed by atoms with Crippen LogP contribution in [0.4, 0.5) is 29.1 Å². The SMILES string of the molecule is CCc1sc(-c2ccc(OC)c(OCCN3CCCCC3)c2)nc1C(C)Sc1nc(N)cc(N)n1.CCc1sc(-c2ccc(OC)c(OCCN3CCN(C)CC3)c2)nc1C(C)Sc1nc(N)cc(N)n1.CCc1sc(-c2ccc(OC)c(OCCN3CCOCC3)c2)nc1C(C)Sc1nc(C)cc(N)n1. The molecule has 106 heavy (non-hydrogen) atoms. The summed E-state index contributed by atoms with van der Waals surface area (Å²) in [5, 5.41) is 4.85. The van der Waals surface area contributed by atoms with E-state index >= 15 is 0 Å². The topological polar surface area (TPSA) is 324 Å². The lowest BCUT2D eigenvalue weighted by atomic mass is 10.1. The largest absolute Gasteiger partial charge is 0.493 e. The number of benzene rings is 3. The summed E-state index contributed by atoms with van der Waals surface area (Å²) in [5.74, 6) is 6.37. The van der Waals surface area contributed by atoms with Crippen molar-refractivity contribution in [1.82, 2.24) is 64.5 Å². The second-order valence-corrected chi connectivity index (χ2v) is 32.9. The number of hydrogen-bond donors (Lipinski definition) is 5. The molecule has 3 fully saturated rings. The van der Waals surface area contributed by atoms with Crippen molar-refractivity contribution in [2.24, 2.45) is 0 Å². The van der Waals surface area contributed by atoms with Crippen molar-refractivity contribution < 1.29 is 33.2 Å². The number of thioether (sulfide) groups is 3. The predicted molar refractivity (Wildman–Crippen MR) is 434 cm³/mol. The van der Waals surface area contributed by atoms with E-state index in [4.69, 9.17) is 76.8 Å². The van der Waals surface area contributed by atoms with Crippen LogP contribution in [-0.4, -0.2) is 198 Å². The lowest BCUT2D eigenvalue weighted by Crippen LogP contribution is -2.45. The number of anilines is 5. The van der Waals surface area contributed by atoms with Crippen LogP contribution < -0.4 is 57.1 Å². The average Bonchev–Trinajstić information content (AvgIpc) is 1.67. The lowest BCUT2D eigenvalue weighted by molar-refractivity contribution is 0.0321. The van der Waals surface area contributed by atoms with E-state index in [9.17, 15) is 0 Å². The number of morpholine rings is 1. The molecule has 0 saturated carbocycles. The molecule has 0 aliphatic carbocycles. The minimum atomic E-state index is 0.0451. The highest BCUT2D eigenvalue weighted by molar-refractivity contribution is 7.99. The molecule has 570 valence electrons. The molecule has 25 nitrogen and oxygen atoms in total. The van der Waals surface area contributed by atoms with Gasteiger partial charge in [0.1, 0.15) is 63.9 Å². The fourth-order valence-corrected chi connectivity index (χ4v) is 18.5. The molecule has 0 bridgehead atoms. The van der Waals surface area contributed by atoms with Crippen LogP contribution in [0.25, 0.3) is 31.7 Å². The monoisotopic (exact) mass is 1560 g/mol.